The fourth-order valence-corrected chi connectivity index (χ4v) is 4.38. The number of unbranched alkanes of at least 4 members (excludes halogenated alkanes) is 5. The second kappa shape index (κ2) is 15.9. The first-order chi connectivity index (χ1) is 12.3. The Kier molecular flexibility index (Phi) is 14.5. The third-order valence-corrected chi connectivity index (χ3v) is 6.11. The Labute approximate surface area is 159 Å². The summed E-state index contributed by atoms with van der Waals surface area (Å²) in [4.78, 5) is 2.74. The van der Waals surface area contributed by atoms with Crippen LogP contribution in [0.1, 0.15) is 111 Å². The Bertz CT molecular complexity index is 309. The van der Waals surface area contributed by atoms with Crippen LogP contribution >= 0.6 is 0 Å². The average molecular weight is 350 g/mol. The average Bonchev–Trinajstić information content (AvgIpc) is 2.62. The molecule has 0 amide bonds. The van der Waals surface area contributed by atoms with Gasteiger partial charge in [-0.2, -0.15) is 0 Å². The predicted octanol–water partition coefficient (Wildman–Crippen LogP) is 7.61. The molecule has 25 heavy (non-hydrogen) atoms. The van der Waals surface area contributed by atoms with E-state index in [0.717, 1.165) is 11.8 Å². The van der Waals surface area contributed by atoms with E-state index >= 15 is 0 Å². The molecule has 0 radical (unpaired) electrons. The summed E-state index contributed by atoms with van der Waals surface area (Å²) in [5.74, 6) is 2.01. The first kappa shape index (κ1) is 22.7. The lowest BCUT2D eigenvalue weighted by molar-refractivity contribution is 0.211. The highest BCUT2D eigenvalue weighted by Gasteiger charge is 2.20. The summed E-state index contributed by atoms with van der Waals surface area (Å²) in [7, 11) is 0. The SMILES string of the molecule is CCCC/C=C/CCCCCN(CCC)CCCC1CCCCC1C. The number of rotatable bonds is 15. The first-order valence-electron chi connectivity index (χ1n) is 11.6. The summed E-state index contributed by atoms with van der Waals surface area (Å²) < 4.78 is 0. The number of allylic oxidation sites excluding steroid dienone is 2. The van der Waals surface area contributed by atoms with Crippen LogP contribution in [0.15, 0.2) is 12.2 Å². The topological polar surface area (TPSA) is 3.24 Å². The lowest BCUT2D eigenvalue weighted by atomic mass is 9.78. The van der Waals surface area contributed by atoms with Crippen molar-refractivity contribution < 1.29 is 0 Å². The lowest BCUT2D eigenvalue weighted by Gasteiger charge is -2.30. The van der Waals surface area contributed by atoms with Crippen molar-refractivity contribution in [2.45, 2.75) is 111 Å². The fraction of sp³-hybridized carbons (Fsp3) is 0.917. The minimum Gasteiger partial charge on any atom is -0.303 e. The van der Waals surface area contributed by atoms with E-state index in [2.05, 4.69) is 37.8 Å². The molecular formula is C24H47N. The Morgan fingerprint density at radius 2 is 1.48 bits per heavy atom. The molecule has 1 nitrogen and oxygen atoms in total. The second-order valence-electron chi connectivity index (χ2n) is 8.47. The van der Waals surface area contributed by atoms with Gasteiger partial charge in [-0.1, -0.05) is 77.9 Å². The van der Waals surface area contributed by atoms with Crippen LogP contribution in [0.4, 0.5) is 0 Å². The zero-order chi connectivity index (χ0) is 18.2. The molecule has 1 aliphatic carbocycles. The number of nitrogens with zero attached hydrogens (tertiary/aromatic N) is 1. The highest BCUT2D eigenvalue weighted by atomic mass is 15.1. The lowest BCUT2D eigenvalue weighted by Crippen LogP contribution is -2.28. The highest BCUT2D eigenvalue weighted by molar-refractivity contribution is 4.81. The van der Waals surface area contributed by atoms with Crippen LogP contribution in [0.25, 0.3) is 0 Å². The standard InChI is InChI=1S/C24H47N/c1-4-6-7-8-9-10-11-12-15-21-25(20-5-2)22-16-19-24-18-14-13-17-23(24)3/h8-9,23-24H,4-7,10-22H2,1-3H3/b9-8+. The normalized spacial score (nSPS) is 21.4. The molecule has 1 saturated carbocycles. The minimum absolute atomic E-state index is 0.985. The summed E-state index contributed by atoms with van der Waals surface area (Å²) in [5.41, 5.74) is 0. The minimum atomic E-state index is 0.985. The van der Waals surface area contributed by atoms with Crippen molar-refractivity contribution in [3.8, 4) is 0 Å². The predicted molar refractivity (Wildman–Crippen MR) is 114 cm³/mol. The van der Waals surface area contributed by atoms with Gasteiger partial charge in [-0.3, -0.25) is 0 Å². The first-order valence-corrected chi connectivity index (χ1v) is 11.6. The monoisotopic (exact) mass is 349 g/mol. The molecule has 1 rings (SSSR count). The van der Waals surface area contributed by atoms with E-state index in [4.69, 9.17) is 0 Å². The van der Waals surface area contributed by atoms with Crippen LogP contribution in [0.2, 0.25) is 0 Å². The molecule has 1 aliphatic rings. The van der Waals surface area contributed by atoms with Crippen molar-refractivity contribution in [3.05, 3.63) is 12.2 Å². The van der Waals surface area contributed by atoms with Gasteiger partial charge in [-0.05, 0) is 76.4 Å². The van der Waals surface area contributed by atoms with Gasteiger partial charge in [-0.25, -0.2) is 0 Å². The molecule has 148 valence electrons. The van der Waals surface area contributed by atoms with Gasteiger partial charge in [0.25, 0.3) is 0 Å². The summed E-state index contributed by atoms with van der Waals surface area (Å²) in [6.07, 6.45) is 24.4. The molecule has 1 heteroatoms. The Hall–Kier alpha value is -0.300. The molecular weight excluding hydrogens is 302 g/mol. The van der Waals surface area contributed by atoms with E-state index in [1.54, 1.807) is 0 Å². The van der Waals surface area contributed by atoms with Crippen molar-refractivity contribution in [1.29, 1.82) is 0 Å². The molecule has 0 aromatic heterocycles. The van der Waals surface area contributed by atoms with E-state index in [0.29, 0.717) is 0 Å². The molecule has 0 bridgehead atoms. The maximum atomic E-state index is 2.74. The summed E-state index contributed by atoms with van der Waals surface area (Å²) >= 11 is 0. The van der Waals surface area contributed by atoms with Crippen molar-refractivity contribution >= 4 is 0 Å². The van der Waals surface area contributed by atoms with Gasteiger partial charge in [0.05, 0.1) is 0 Å². The largest absolute Gasteiger partial charge is 0.303 e. The van der Waals surface area contributed by atoms with Crippen LogP contribution in [0.5, 0.6) is 0 Å². The molecule has 0 aliphatic heterocycles. The van der Waals surface area contributed by atoms with Crippen molar-refractivity contribution in [1.82, 2.24) is 4.90 Å². The molecule has 0 saturated heterocycles. The number of hydrogen-bond donors (Lipinski definition) is 0. The summed E-state index contributed by atoms with van der Waals surface area (Å²) in [6.45, 7) is 11.1. The maximum Gasteiger partial charge on any atom is -0.00186 e. The Morgan fingerprint density at radius 3 is 2.20 bits per heavy atom. The maximum absolute atomic E-state index is 2.74. The zero-order valence-electron chi connectivity index (χ0n) is 17.8. The molecule has 0 aromatic rings. The molecule has 0 N–H and O–H groups in total. The Balaban J connectivity index is 2.05. The molecule has 0 aromatic carbocycles. The van der Waals surface area contributed by atoms with Gasteiger partial charge >= 0.3 is 0 Å². The van der Waals surface area contributed by atoms with Crippen LogP contribution in [-0.2, 0) is 0 Å². The molecule has 2 unspecified atom stereocenters. The van der Waals surface area contributed by atoms with Gasteiger partial charge < -0.3 is 4.90 Å². The fourth-order valence-electron chi connectivity index (χ4n) is 4.38. The molecule has 1 fully saturated rings. The highest BCUT2D eigenvalue weighted by Crippen LogP contribution is 2.32. The van der Waals surface area contributed by atoms with Gasteiger partial charge in [0.2, 0.25) is 0 Å². The van der Waals surface area contributed by atoms with Gasteiger partial charge in [0.15, 0.2) is 0 Å². The molecule has 0 heterocycles. The van der Waals surface area contributed by atoms with Crippen molar-refractivity contribution in [2.24, 2.45) is 11.8 Å². The second-order valence-corrected chi connectivity index (χ2v) is 8.47. The third kappa shape index (κ3) is 11.8. The van der Waals surface area contributed by atoms with E-state index in [-0.39, 0.29) is 0 Å². The van der Waals surface area contributed by atoms with Crippen molar-refractivity contribution in [3.63, 3.8) is 0 Å². The van der Waals surface area contributed by atoms with Crippen LogP contribution in [-0.4, -0.2) is 24.5 Å². The van der Waals surface area contributed by atoms with E-state index in [9.17, 15) is 0 Å². The number of hydrogen-bond acceptors (Lipinski definition) is 1. The molecule has 0 spiro atoms. The van der Waals surface area contributed by atoms with E-state index in [1.165, 1.54) is 110 Å². The van der Waals surface area contributed by atoms with Crippen LogP contribution in [0, 0.1) is 11.8 Å². The summed E-state index contributed by atoms with van der Waals surface area (Å²) in [5, 5.41) is 0. The summed E-state index contributed by atoms with van der Waals surface area (Å²) in [6, 6.07) is 0. The van der Waals surface area contributed by atoms with Gasteiger partial charge in [-0.15, -0.1) is 0 Å². The zero-order valence-corrected chi connectivity index (χ0v) is 17.8. The van der Waals surface area contributed by atoms with E-state index in [1.807, 2.05) is 0 Å². The van der Waals surface area contributed by atoms with E-state index < -0.39 is 0 Å². The van der Waals surface area contributed by atoms with Crippen molar-refractivity contribution in [2.75, 3.05) is 19.6 Å². The quantitative estimate of drug-likeness (QED) is 0.217. The Morgan fingerprint density at radius 1 is 0.760 bits per heavy atom. The van der Waals surface area contributed by atoms with Crippen LogP contribution in [0.3, 0.4) is 0 Å². The van der Waals surface area contributed by atoms with Gasteiger partial charge in [0.1, 0.15) is 0 Å². The smallest absolute Gasteiger partial charge is 0.00186 e. The van der Waals surface area contributed by atoms with Gasteiger partial charge in [0, 0.05) is 0 Å². The van der Waals surface area contributed by atoms with Crippen LogP contribution < -0.4 is 0 Å². The molecule has 2 atom stereocenters. The third-order valence-electron chi connectivity index (χ3n) is 6.11.